The molecule has 6 atom stereocenters. The van der Waals surface area contributed by atoms with E-state index in [0.717, 1.165) is 0 Å². The SMILES string of the molecule is OC[C@H](O)CO[C@@H]1O[C@@H](CO)[C@@H](O)[C@H](O)[C@H]1O. The number of hydrogen-bond donors (Lipinski definition) is 6. The lowest BCUT2D eigenvalue weighted by Gasteiger charge is -2.39. The molecule has 0 aromatic carbocycles. The number of hydrogen-bond acceptors (Lipinski definition) is 8. The maximum absolute atomic E-state index is 9.52. The largest absolute Gasteiger partial charge is 0.394 e. The Bertz CT molecular complexity index is 223. The van der Waals surface area contributed by atoms with E-state index in [-0.39, 0.29) is 6.61 Å². The minimum absolute atomic E-state index is 0.306. The summed E-state index contributed by atoms with van der Waals surface area (Å²) < 4.78 is 9.93. The van der Waals surface area contributed by atoms with Gasteiger partial charge in [-0.2, -0.15) is 0 Å². The monoisotopic (exact) mass is 254 g/mol. The van der Waals surface area contributed by atoms with Crippen LogP contribution >= 0.6 is 0 Å². The molecule has 1 aliphatic heterocycles. The molecule has 8 nitrogen and oxygen atoms in total. The molecular formula is C9H18O8. The van der Waals surface area contributed by atoms with E-state index in [0.29, 0.717) is 0 Å². The molecule has 0 saturated carbocycles. The first-order valence-electron chi connectivity index (χ1n) is 5.22. The topological polar surface area (TPSA) is 140 Å². The van der Waals surface area contributed by atoms with Gasteiger partial charge in [-0.3, -0.25) is 0 Å². The number of aliphatic hydroxyl groups is 6. The molecular weight excluding hydrogens is 236 g/mol. The molecule has 0 bridgehead atoms. The van der Waals surface area contributed by atoms with Crippen LogP contribution in [0.2, 0.25) is 0 Å². The molecule has 1 aliphatic rings. The van der Waals surface area contributed by atoms with E-state index in [9.17, 15) is 15.3 Å². The summed E-state index contributed by atoms with van der Waals surface area (Å²) in [6, 6.07) is 0. The van der Waals surface area contributed by atoms with Crippen molar-refractivity contribution in [2.24, 2.45) is 0 Å². The molecule has 0 aromatic heterocycles. The normalized spacial score (nSPS) is 40.2. The van der Waals surface area contributed by atoms with Crippen LogP contribution in [0.25, 0.3) is 0 Å². The van der Waals surface area contributed by atoms with Crippen molar-refractivity contribution in [2.45, 2.75) is 36.8 Å². The summed E-state index contributed by atoms with van der Waals surface area (Å²) in [4.78, 5) is 0. The lowest BCUT2D eigenvalue weighted by Crippen LogP contribution is -2.59. The van der Waals surface area contributed by atoms with E-state index in [1.807, 2.05) is 0 Å². The first-order valence-corrected chi connectivity index (χ1v) is 5.22. The summed E-state index contributed by atoms with van der Waals surface area (Å²) in [7, 11) is 0. The number of ether oxygens (including phenoxy) is 2. The van der Waals surface area contributed by atoms with Crippen molar-refractivity contribution in [3.8, 4) is 0 Å². The second-order valence-electron chi connectivity index (χ2n) is 3.87. The van der Waals surface area contributed by atoms with Crippen LogP contribution in [0.15, 0.2) is 0 Å². The summed E-state index contributed by atoms with van der Waals surface area (Å²) in [5.74, 6) is 0. The molecule has 0 amide bonds. The summed E-state index contributed by atoms with van der Waals surface area (Å²) in [6.45, 7) is -1.37. The molecule has 0 aliphatic carbocycles. The van der Waals surface area contributed by atoms with E-state index in [1.165, 1.54) is 0 Å². The molecule has 0 spiro atoms. The second-order valence-corrected chi connectivity index (χ2v) is 3.87. The predicted molar refractivity (Wildman–Crippen MR) is 52.8 cm³/mol. The second kappa shape index (κ2) is 6.57. The third-order valence-corrected chi connectivity index (χ3v) is 2.51. The molecule has 1 saturated heterocycles. The molecule has 17 heavy (non-hydrogen) atoms. The fraction of sp³-hybridized carbons (Fsp3) is 1.00. The smallest absolute Gasteiger partial charge is 0.186 e. The Hall–Kier alpha value is -0.320. The highest BCUT2D eigenvalue weighted by molar-refractivity contribution is 4.88. The fourth-order valence-corrected chi connectivity index (χ4v) is 1.46. The minimum atomic E-state index is -1.52. The standard InChI is InChI=1S/C9H18O8/c10-1-4(12)3-16-9-8(15)7(14)6(13)5(2-11)17-9/h4-15H,1-3H2/t4-,5-,6+,7-,8+,9+/m0/s1. The Labute approximate surface area is 97.6 Å². The van der Waals surface area contributed by atoms with Crippen LogP contribution in [0.1, 0.15) is 0 Å². The summed E-state index contributed by atoms with van der Waals surface area (Å²) in [5.41, 5.74) is 0. The maximum Gasteiger partial charge on any atom is 0.186 e. The third-order valence-electron chi connectivity index (χ3n) is 2.51. The molecule has 0 unspecified atom stereocenters. The molecule has 1 rings (SSSR count). The Kier molecular flexibility index (Phi) is 5.70. The van der Waals surface area contributed by atoms with Gasteiger partial charge in [-0.25, -0.2) is 0 Å². The zero-order valence-corrected chi connectivity index (χ0v) is 9.09. The summed E-state index contributed by atoms with van der Waals surface area (Å²) in [5, 5.41) is 54.9. The van der Waals surface area contributed by atoms with E-state index >= 15 is 0 Å². The number of rotatable bonds is 5. The van der Waals surface area contributed by atoms with E-state index in [4.69, 9.17) is 24.8 Å². The van der Waals surface area contributed by atoms with Crippen LogP contribution in [0, 0.1) is 0 Å². The Balaban J connectivity index is 2.53. The van der Waals surface area contributed by atoms with Crippen LogP contribution in [0.5, 0.6) is 0 Å². The average molecular weight is 254 g/mol. The van der Waals surface area contributed by atoms with E-state index < -0.39 is 50.0 Å². The van der Waals surface area contributed by atoms with Crippen molar-refractivity contribution in [1.29, 1.82) is 0 Å². The molecule has 8 heteroatoms. The quantitative estimate of drug-likeness (QED) is 0.293. The van der Waals surface area contributed by atoms with Crippen LogP contribution in [0.3, 0.4) is 0 Å². The third kappa shape index (κ3) is 3.57. The Morgan fingerprint density at radius 3 is 2.24 bits per heavy atom. The molecule has 1 fully saturated rings. The zero-order chi connectivity index (χ0) is 13.0. The molecule has 0 aromatic rings. The van der Waals surface area contributed by atoms with Crippen molar-refractivity contribution in [2.75, 3.05) is 19.8 Å². The average Bonchev–Trinajstić information content (AvgIpc) is 2.34. The molecule has 0 radical (unpaired) electrons. The van der Waals surface area contributed by atoms with Gasteiger partial charge < -0.3 is 40.1 Å². The zero-order valence-electron chi connectivity index (χ0n) is 9.09. The van der Waals surface area contributed by atoms with Gasteiger partial charge >= 0.3 is 0 Å². The Morgan fingerprint density at radius 1 is 1.06 bits per heavy atom. The van der Waals surface area contributed by atoms with Crippen molar-refractivity contribution >= 4 is 0 Å². The van der Waals surface area contributed by atoms with Gasteiger partial charge in [0.05, 0.1) is 19.8 Å². The lowest BCUT2D eigenvalue weighted by molar-refractivity contribution is -0.304. The first kappa shape index (κ1) is 14.7. The van der Waals surface area contributed by atoms with Gasteiger partial charge in [0, 0.05) is 0 Å². The maximum atomic E-state index is 9.52. The van der Waals surface area contributed by atoms with Gasteiger partial charge in [-0.05, 0) is 0 Å². The van der Waals surface area contributed by atoms with E-state index in [1.54, 1.807) is 0 Å². The molecule has 1 heterocycles. The molecule has 102 valence electrons. The van der Waals surface area contributed by atoms with E-state index in [2.05, 4.69) is 0 Å². The van der Waals surface area contributed by atoms with Gasteiger partial charge in [0.15, 0.2) is 6.29 Å². The minimum Gasteiger partial charge on any atom is -0.394 e. The van der Waals surface area contributed by atoms with Gasteiger partial charge in [0.1, 0.15) is 30.5 Å². The van der Waals surface area contributed by atoms with Crippen LogP contribution < -0.4 is 0 Å². The van der Waals surface area contributed by atoms with Gasteiger partial charge in [0.25, 0.3) is 0 Å². The van der Waals surface area contributed by atoms with Crippen molar-refractivity contribution in [1.82, 2.24) is 0 Å². The Morgan fingerprint density at radius 2 is 1.71 bits per heavy atom. The first-order chi connectivity index (χ1) is 8.01. The van der Waals surface area contributed by atoms with Crippen LogP contribution in [-0.4, -0.2) is 87.3 Å². The highest BCUT2D eigenvalue weighted by Gasteiger charge is 2.44. The van der Waals surface area contributed by atoms with Gasteiger partial charge in [0.2, 0.25) is 0 Å². The van der Waals surface area contributed by atoms with Crippen molar-refractivity contribution < 1.29 is 40.1 Å². The van der Waals surface area contributed by atoms with Gasteiger partial charge in [-0.1, -0.05) is 0 Å². The van der Waals surface area contributed by atoms with Crippen LogP contribution in [-0.2, 0) is 9.47 Å². The lowest BCUT2D eigenvalue weighted by atomic mass is 9.99. The molecule has 6 N–H and O–H groups in total. The predicted octanol–water partition coefficient (Wildman–Crippen LogP) is -3.84. The van der Waals surface area contributed by atoms with Crippen molar-refractivity contribution in [3.05, 3.63) is 0 Å². The summed E-state index contributed by atoms with van der Waals surface area (Å²) in [6.07, 6.45) is -7.94. The highest BCUT2D eigenvalue weighted by Crippen LogP contribution is 2.21. The highest BCUT2D eigenvalue weighted by atomic mass is 16.7. The summed E-state index contributed by atoms with van der Waals surface area (Å²) >= 11 is 0. The number of aliphatic hydroxyl groups excluding tert-OH is 6. The van der Waals surface area contributed by atoms with Gasteiger partial charge in [-0.15, -0.1) is 0 Å². The van der Waals surface area contributed by atoms with Crippen LogP contribution in [0.4, 0.5) is 0 Å². The fourth-order valence-electron chi connectivity index (χ4n) is 1.46. The van der Waals surface area contributed by atoms with Crippen molar-refractivity contribution in [3.63, 3.8) is 0 Å².